The van der Waals surface area contributed by atoms with E-state index in [1.165, 1.54) is 0 Å². The number of halogens is 1. The van der Waals surface area contributed by atoms with Crippen LogP contribution in [0.5, 0.6) is 17.2 Å². The molecular weight excluding hydrogens is 360 g/mol. The highest BCUT2D eigenvalue weighted by Crippen LogP contribution is 2.39. The van der Waals surface area contributed by atoms with Gasteiger partial charge in [-0.05, 0) is 30.3 Å². The molecular formula is C17H15BrN2O3. The molecule has 6 heteroatoms. The van der Waals surface area contributed by atoms with Gasteiger partial charge in [-0.25, -0.2) is 0 Å². The SMILES string of the molecule is COc1cc(Br)ccc1/N=N/c1cc2c(c(OC)c1)OCC=C2. The van der Waals surface area contributed by atoms with Crippen molar-refractivity contribution in [3.63, 3.8) is 0 Å². The van der Waals surface area contributed by atoms with Crippen LogP contribution in [0.15, 0.2) is 51.1 Å². The molecule has 0 unspecified atom stereocenters. The molecule has 3 rings (SSSR count). The van der Waals surface area contributed by atoms with E-state index in [2.05, 4.69) is 26.2 Å². The second-order valence-corrected chi connectivity index (χ2v) is 5.71. The molecule has 2 aromatic rings. The Hall–Kier alpha value is -2.34. The molecule has 1 aliphatic heterocycles. The number of hydrogen-bond donors (Lipinski definition) is 0. The van der Waals surface area contributed by atoms with Crippen molar-refractivity contribution in [3.8, 4) is 17.2 Å². The van der Waals surface area contributed by atoms with Crippen LogP contribution in [0.3, 0.4) is 0 Å². The largest absolute Gasteiger partial charge is 0.494 e. The lowest BCUT2D eigenvalue weighted by Crippen LogP contribution is -2.02. The smallest absolute Gasteiger partial charge is 0.168 e. The standard InChI is InChI=1S/C17H15BrN2O3/c1-21-15-9-12(18)5-6-14(15)20-19-13-8-11-4-3-7-23-17(11)16(10-13)22-2/h3-6,8-10H,7H2,1-2H3/b20-19+. The number of benzene rings is 2. The molecule has 23 heavy (non-hydrogen) atoms. The molecule has 118 valence electrons. The average Bonchev–Trinajstić information content (AvgIpc) is 2.59. The molecule has 1 heterocycles. The van der Waals surface area contributed by atoms with E-state index < -0.39 is 0 Å². The maximum absolute atomic E-state index is 5.60. The molecule has 0 aromatic heterocycles. The number of rotatable bonds is 4. The lowest BCUT2D eigenvalue weighted by atomic mass is 10.1. The van der Waals surface area contributed by atoms with Crippen LogP contribution >= 0.6 is 15.9 Å². The van der Waals surface area contributed by atoms with E-state index in [1.54, 1.807) is 20.3 Å². The molecule has 0 fully saturated rings. The Labute approximate surface area is 142 Å². The van der Waals surface area contributed by atoms with E-state index in [4.69, 9.17) is 14.2 Å². The monoisotopic (exact) mass is 374 g/mol. The third-order valence-corrected chi connectivity index (χ3v) is 3.82. The zero-order chi connectivity index (χ0) is 16.2. The summed E-state index contributed by atoms with van der Waals surface area (Å²) >= 11 is 3.40. The molecule has 0 saturated carbocycles. The van der Waals surface area contributed by atoms with Crippen molar-refractivity contribution in [1.82, 2.24) is 0 Å². The molecule has 0 N–H and O–H groups in total. The summed E-state index contributed by atoms with van der Waals surface area (Å²) in [6.45, 7) is 0.542. The van der Waals surface area contributed by atoms with Crippen LogP contribution in [0.4, 0.5) is 11.4 Å². The minimum Gasteiger partial charge on any atom is -0.494 e. The highest BCUT2D eigenvalue weighted by atomic mass is 79.9. The predicted molar refractivity (Wildman–Crippen MR) is 92.4 cm³/mol. The Morgan fingerprint density at radius 3 is 2.65 bits per heavy atom. The molecule has 0 atom stereocenters. The van der Waals surface area contributed by atoms with Gasteiger partial charge in [-0.15, -0.1) is 5.11 Å². The fraction of sp³-hybridized carbons (Fsp3) is 0.176. The van der Waals surface area contributed by atoms with Crippen LogP contribution in [-0.2, 0) is 0 Å². The lowest BCUT2D eigenvalue weighted by Gasteiger charge is -2.16. The first-order chi connectivity index (χ1) is 11.2. The molecule has 5 nitrogen and oxygen atoms in total. The van der Waals surface area contributed by atoms with Gasteiger partial charge in [0.05, 0.1) is 19.9 Å². The van der Waals surface area contributed by atoms with E-state index in [1.807, 2.05) is 36.4 Å². The first-order valence-corrected chi connectivity index (χ1v) is 7.77. The summed E-state index contributed by atoms with van der Waals surface area (Å²) < 4.78 is 17.2. The Morgan fingerprint density at radius 1 is 1.04 bits per heavy atom. The summed E-state index contributed by atoms with van der Waals surface area (Å²) in [7, 11) is 3.21. The third-order valence-electron chi connectivity index (χ3n) is 3.32. The van der Waals surface area contributed by atoms with E-state index in [-0.39, 0.29) is 0 Å². The highest BCUT2D eigenvalue weighted by molar-refractivity contribution is 9.10. The highest BCUT2D eigenvalue weighted by Gasteiger charge is 2.14. The normalized spacial score (nSPS) is 12.8. The Morgan fingerprint density at radius 2 is 1.87 bits per heavy atom. The Balaban J connectivity index is 1.96. The van der Waals surface area contributed by atoms with Gasteiger partial charge in [0.15, 0.2) is 11.5 Å². The zero-order valence-electron chi connectivity index (χ0n) is 12.7. The predicted octanol–water partition coefficient (Wildman–Crippen LogP) is 5.29. The molecule has 1 aliphatic rings. The van der Waals surface area contributed by atoms with Gasteiger partial charge in [0.2, 0.25) is 0 Å². The molecule has 0 amide bonds. The summed E-state index contributed by atoms with van der Waals surface area (Å²) in [5.74, 6) is 2.02. The van der Waals surface area contributed by atoms with Gasteiger partial charge in [0.25, 0.3) is 0 Å². The first-order valence-electron chi connectivity index (χ1n) is 6.98. The van der Waals surface area contributed by atoms with Gasteiger partial charge < -0.3 is 14.2 Å². The van der Waals surface area contributed by atoms with Gasteiger partial charge >= 0.3 is 0 Å². The van der Waals surface area contributed by atoms with Gasteiger partial charge in [-0.3, -0.25) is 0 Å². The van der Waals surface area contributed by atoms with Crippen LogP contribution in [0.2, 0.25) is 0 Å². The minimum absolute atomic E-state index is 0.542. The number of ether oxygens (including phenoxy) is 3. The summed E-state index contributed by atoms with van der Waals surface area (Å²) in [5.41, 5.74) is 2.26. The molecule has 0 spiro atoms. The summed E-state index contributed by atoms with van der Waals surface area (Å²) in [5, 5.41) is 8.56. The minimum atomic E-state index is 0.542. The number of nitrogens with zero attached hydrogens (tertiary/aromatic N) is 2. The number of fused-ring (bicyclic) bond motifs is 1. The van der Waals surface area contributed by atoms with E-state index in [0.29, 0.717) is 29.5 Å². The van der Waals surface area contributed by atoms with Gasteiger partial charge in [0.1, 0.15) is 18.0 Å². The second-order valence-electron chi connectivity index (χ2n) is 4.80. The van der Waals surface area contributed by atoms with Gasteiger partial charge in [0, 0.05) is 16.1 Å². The van der Waals surface area contributed by atoms with Gasteiger partial charge in [-0.2, -0.15) is 5.11 Å². The van der Waals surface area contributed by atoms with Crippen molar-refractivity contribution in [1.29, 1.82) is 0 Å². The molecule has 0 radical (unpaired) electrons. The number of hydrogen-bond acceptors (Lipinski definition) is 5. The lowest BCUT2D eigenvalue weighted by molar-refractivity contribution is 0.323. The maximum Gasteiger partial charge on any atom is 0.168 e. The van der Waals surface area contributed by atoms with Crippen molar-refractivity contribution in [2.24, 2.45) is 10.2 Å². The fourth-order valence-corrected chi connectivity index (χ4v) is 2.59. The molecule has 0 saturated heterocycles. The zero-order valence-corrected chi connectivity index (χ0v) is 14.3. The van der Waals surface area contributed by atoms with Crippen molar-refractivity contribution in [3.05, 3.63) is 46.4 Å². The Kier molecular flexibility index (Phi) is 4.62. The van der Waals surface area contributed by atoms with Crippen molar-refractivity contribution < 1.29 is 14.2 Å². The number of azo groups is 1. The van der Waals surface area contributed by atoms with Crippen molar-refractivity contribution >= 4 is 33.4 Å². The van der Waals surface area contributed by atoms with E-state index in [9.17, 15) is 0 Å². The Bertz CT molecular complexity index is 788. The van der Waals surface area contributed by atoms with Crippen molar-refractivity contribution in [2.45, 2.75) is 0 Å². The summed E-state index contributed by atoms with van der Waals surface area (Å²) in [4.78, 5) is 0. The van der Waals surface area contributed by atoms with Crippen LogP contribution in [-0.4, -0.2) is 20.8 Å². The first kappa shape index (κ1) is 15.6. The maximum atomic E-state index is 5.60. The van der Waals surface area contributed by atoms with Crippen LogP contribution in [0.1, 0.15) is 5.56 Å². The average molecular weight is 375 g/mol. The molecule has 0 aliphatic carbocycles. The van der Waals surface area contributed by atoms with Gasteiger partial charge in [-0.1, -0.05) is 22.0 Å². The number of methoxy groups -OCH3 is 2. The van der Waals surface area contributed by atoms with Crippen molar-refractivity contribution in [2.75, 3.05) is 20.8 Å². The molecule has 2 aromatic carbocycles. The van der Waals surface area contributed by atoms with Crippen LogP contribution < -0.4 is 14.2 Å². The topological polar surface area (TPSA) is 52.4 Å². The second kappa shape index (κ2) is 6.83. The summed E-state index contributed by atoms with van der Waals surface area (Å²) in [6.07, 6.45) is 3.93. The summed E-state index contributed by atoms with van der Waals surface area (Å²) in [6, 6.07) is 9.28. The van der Waals surface area contributed by atoms with E-state index in [0.717, 1.165) is 15.8 Å². The molecule has 0 bridgehead atoms. The van der Waals surface area contributed by atoms with E-state index >= 15 is 0 Å². The quantitative estimate of drug-likeness (QED) is 0.683. The van der Waals surface area contributed by atoms with Crippen LogP contribution in [0.25, 0.3) is 6.08 Å². The third kappa shape index (κ3) is 3.37. The fourth-order valence-electron chi connectivity index (χ4n) is 2.25. The van der Waals surface area contributed by atoms with Crippen LogP contribution in [0, 0.1) is 0 Å².